The highest BCUT2D eigenvalue weighted by atomic mass is 35.5. The lowest BCUT2D eigenvalue weighted by molar-refractivity contribution is 0.0950. The highest BCUT2D eigenvalue weighted by Gasteiger charge is 2.13. The molecule has 3 N–H and O–H groups in total. The Balaban J connectivity index is 0.00000242. The van der Waals surface area contributed by atoms with Crippen molar-refractivity contribution in [2.75, 3.05) is 0 Å². The summed E-state index contributed by atoms with van der Waals surface area (Å²) >= 11 is 0. The molecule has 0 unspecified atom stereocenters. The molecule has 2 rings (SSSR count). The van der Waals surface area contributed by atoms with E-state index in [4.69, 9.17) is 10.2 Å². The number of amides is 1. The van der Waals surface area contributed by atoms with E-state index in [0.717, 1.165) is 5.56 Å². The standard InChI is InChI=1S/C17H22N2O2.ClH/c1-17(2,3)14-6-4-12(5-7-14)10-19-16(20)13-8-15(9-18)21-11-13;/h4-8,11H,9-10,18H2,1-3H3,(H,19,20);1H. The van der Waals surface area contributed by atoms with Gasteiger partial charge < -0.3 is 15.5 Å². The Labute approximate surface area is 137 Å². The monoisotopic (exact) mass is 322 g/mol. The summed E-state index contributed by atoms with van der Waals surface area (Å²) in [5.41, 5.74) is 8.44. The van der Waals surface area contributed by atoms with Crippen LogP contribution in [0.5, 0.6) is 0 Å². The van der Waals surface area contributed by atoms with Crippen molar-refractivity contribution < 1.29 is 9.21 Å². The number of halogens is 1. The van der Waals surface area contributed by atoms with E-state index < -0.39 is 0 Å². The van der Waals surface area contributed by atoms with Gasteiger partial charge in [0.05, 0.1) is 12.1 Å². The average molecular weight is 323 g/mol. The van der Waals surface area contributed by atoms with E-state index in [1.54, 1.807) is 6.07 Å². The minimum absolute atomic E-state index is 0. The van der Waals surface area contributed by atoms with Crippen LogP contribution in [0.4, 0.5) is 0 Å². The largest absolute Gasteiger partial charge is 0.467 e. The first-order chi connectivity index (χ1) is 9.90. The van der Waals surface area contributed by atoms with Crippen LogP contribution >= 0.6 is 12.4 Å². The molecule has 0 saturated carbocycles. The van der Waals surface area contributed by atoms with Gasteiger partial charge in [0.25, 0.3) is 5.91 Å². The smallest absolute Gasteiger partial charge is 0.254 e. The summed E-state index contributed by atoms with van der Waals surface area (Å²) in [6.07, 6.45) is 1.43. The van der Waals surface area contributed by atoms with Crippen LogP contribution in [-0.2, 0) is 18.5 Å². The summed E-state index contributed by atoms with van der Waals surface area (Å²) in [4.78, 5) is 12.0. The molecule has 0 atom stereocenters. The van der Waals surface area contributed by atoms with Crippen LogP contribution in [0.25, 0.3) is 0 Å². The lowest BCUT2D eigenvalue weighted by atomic mass is 9.87. The fourth-order valence-corrected chi connectivity index (χ4v) is 2.01. The lowest BCUT2D eigenvalue weighted by Gasteiger charge is -2.19. The fraction of sp³-hybridized carbons (Fsp3) is 0.353. The quantitative estimate of drug-likeness (QED) is 0.906. The second-order valence-electron chi connectivity index (χ2n) is 6.14. The average Bonchev–Trinajstić information content (AvgIpc) is 2.93. The van der Waals surface area contributed by atoms with Crippen LogP contribution in [0.1, 0.15) is 48.0 Å². The molecule has 4 nitrogen and oxygen atoms in total. The molecule has 5 heteroatoms. The normalized spacial score (nSPS) is 10.9. The first-order valence-corrected chi connectivity index (χ1v) is 7.05. The van der Waals surface area contributed by atoms with Gasteiger partial charge in [0, 0.05) is 6.54 Å². The van der Waals surface area contributed by atoms with Crippen molar-refractivity contribution in [3.63, 3.8) is 0 Å². The third-order valence-corrected chi connectivity index (χ3v) is 3.39. The Hall–Kier alpha value is -1.78. The van der Waals surface area contributed by atoms with Crippen LogP contribution in [-0.4, -0.2) is 5.91 Å². The molecule has 0 saturated heterocycles. The van der Waals surface area contributed by atoms with E-state index >= 15 is 0 Å². The molecule has 0 aliphatic rings. The first-order valence-electron chi connectivity index (χ1n) is 7.05. The minimum atomic E-state index is -0.154. The Morgan fingerprint density at radius 3 is 2.36 bits per heavy atom. The summed E-state index contributed by atoms with van der Waals surface area (Å²) < 4.78 is 5.15. The lowest BCUT2D eigenvalue weighted by Crippen LogP contribution is -2.22. The molecule has 1 aromatic carbocycles. The van der Waals surface area contributed by atoms with E-state index in [1.165, 1.54) is 11.8 Å². The number of carbonyl (C=O) groups is 1. The molecule has 0 aliphatic heterocycles. The van der Waals surface area contributed by atoms with Gasteiger partial charge >= 0.3 is 0 Å². The van der Waals surface area contributed by atoms with E-state index in [1.807, 2.05) is 12.1 Å². The van der Waals surface area contributed by atoms with E-state index in [-0.39, 0.29) is 23.7 Å². The van der Waals surface area contributed by atoms with Crippen molar-refractivity contribution in [3.05, 3.63) is 59.0 Å². The van der Waals surface area contributed by atoms with Crippen LogP contribution in [0, 0.1) is 0 Å². The molecule has 0 aliphatic carbocycles. The zero-order valence-corrected chi connectivity index (χ0v) is 14.0. The predicted octanol–water partition coefficient (Wildman–Crippen LogP) is 3.39. The molecule has 22 heavy (non-hydrogen) atoms. The number of benzene rings is 1. The molecule has 1 heterocycles. The number of nitrogens with two attached hydrogens (primary N) is 1. The van der Waals surface area contributed by atoms with Crippen molar-refractivity contribution in [2.45, 2.75) is 39.3 Å². The maximum atomic E-state index is 12.0. The second kappa shape index (κ2) is 7.47. The predicted molar refractivity (Wildman–Crippen MR) is 90.2 cm³/mol. The van der Waals surface area contributed by atoms with Gasteiger partial charge in [-0.05, 0) is 22.6 Å². The first kappa shape index (κ1) is 18.3. The maximum absolute atomic E-state index is 12.0. The highest BCUT2D eigenvalue weighted by molar-refractivity contribution is 5.93. The Morgan fingerprint density at radius 1 is 1.23 bits per heavy atom. The topological polar surface area (TPSA) is 68.3 Å². The van der Waals surface area contributed by atoms with E-state index in [9.17, 15) is 4.79 Å². The molecule has 1 aromatic heterocycles. The Morgan fingerprint density at radius 2 is 1.86 bits per heavy atom. The van der Waals surface area contributed by atoms with Crippen molar-refractivity contribution in [1.82, 2.24) is 5.32 Å². The summed E-state index contributed by atoms with van der Waals surface area (Å²) in [7, 11) is 0. The van der Waals surface area contributed by atoms with Gasteiger partial charge in [-0.3, -0.25) is 4.79 Å². The van der Waals surface area contributed by atoms with Crippen molar-refractivity contribution >= 4 is 18.3 Å². The van der Waals surface area contributed by atoms with Crippen molar-refractivity contribution in [3.8, 4) is 0 Å². The van der Waals surface area contributed by atoms with Gasteiger partial charge in [0.2, 0.25) is 0 Å². The van der Waals surface area contributed by atoms with Gasteiger partial charge in [-0.15, -0.1) is 12.4 Å². The van der Waals surface area contributed by atoms with Gasteiger partial charge in [-0.2, -0.15) is 0 Å². The van der Waals surface area contributed by atoms with Crippen LogP contribution in [0.3, 0.4) is 0 Å². The molecule has 120 valence electrons. The third-order valence-electron chi connectivity index (χ3n) is 3.39. The van der Waals surface area contributed by atoms with Crippen LogP contribution < -0.4 is 11.1 Å². The summed E-state index contributed by atoms with van der Waals surface area (Å²) in [5, 5.41) is 2.87. The molecular weight excluding hydrogens is 300 g/mol. The number of rotatable bonds is 4. The van der Waals surface area contributed by atoms with Crippen LogP contribution in [0.2, 0.25) is 0 Å². The van der Waals surface area contributed by atoms with E-state index in [2.05, 4.69) is 38.2 Å². The summed E-state index contributed by atoms with van der Waals surface area (Å²) in [6.45, 7) is 7.32. The number of furan rings is 1. The molecule has 0 fully saturated rings. The molecule has 2 aromatic rings. The molecule has 0 bridgehead atoms. The molecular formula is C17H23ClN2O2. The Kier molecular flexibility index (Phi) is 6.21. The maximum Gasteiger partial charge on any atom is 0.254 e. The van der Waals surface area contributed by atoms with Gasteiger partial charge in [-0.1, -0.05) is 45.0 Å². The van der Waals surface area contributed by atoms with Gasteiger partial charge in [0.1, 0.15) is 12.0 Å². The number of carbonyl (C=O) groups excluding carboxylic acids is 1. The van der Waals surface area contributed by atoms with Gasteiger partial charge in [-0.25, -0.2) is 0 Å². The number of hydrogen-bond acceptors (Lipinski definition) is 3. The SMILES string of the molecule is CC(C)(C)c1ccc(CNC(=O)c2coc(CN)c2)cc1.Cl. The molecule has 0 radical (unpaired) electrons. The van der Waals surface area contributed by atoms with Crippen LogP contribution in [0.15, 0.2) is 41.0 Å². The van der Waals surface area contributed by atoms with Crippen molar-refractivity contribution in [1.29, 1.82) is 0 Å². The summed E-state index contributed by atoms with van der Waals surface area (Å²) in [6, 6.07) is 9.96. The van der Waals surface area contributed by atoms with E-state index in [0.29, 0.717) is 24.4 Å². The zero-order valence-electron chi connectivity index (χ0n) is 13.2. The Bertz CT molecular complexity index is 612. The number of hydrogen-bond donors (Lipinski definition) is 2. The second-order valence-corrected chi connectivity index (χ2v) is 6.14. The number of nitrogens with one attached hydrogen (secondary N) is 1. The van der Waals surface area contributed by atoms with Crippen molar-refractivity contribution in [2.24, 2.45) is 5.73 Å². The van der Waals surface area contributed by atoms with Gasteiger partial charge in [0.15, 0.2) is 0 Å². The fourth-order valence-electron chi connectivity index (χ4n) is 2.01. The molecule has 0 spiro atoms. The third kappa shape index (κ3) is 4.61. The highest BCUT2D eigenvalue weighted by Crippen LogP contribution is 2.22. The minimum Gasteiger partial charge on any atom is -0.467 e. The molecule has 1 amide bonds. The summed E-state index contributed by atoms with van der Waals surface area (Å²) in [5.74, 6) is 0.452. The zero-order chi connectivity index (χ0) is 15.5.